The van der Waals surface area contributed by atoms with Crippen LogP contribution in [-0.2, 0) is 0 Å². The quantitative estimate of drug-likeness (QED) is 0.552. The zero-order chi connectivity index (χ0) is 17.8. The summed E-state index contributed by atoms with van der Waals surface area (Å²) in [4.78, 5) is 27.1. The van der Waals surface area contributed by atoms with Gasteiger partial charge in [-0.3, -0.25) is 20.2 Å². The van der Waals surface area contributed by atoms with Crippen LogP contribution in [0.4, 0.5) is 10.8 Å². The predicted octanol–water partition coefficient (Wildman–Crippen LogP) is 3.98. The normalized spacial score (nSPS) is 10.3. The summed E-state index contributed by atoms with van der Waals surface area (Å²) >= 11 is 1.25. The van der Waals surface area contributed by atoms with Gasteiger partial charge in [0.1, 0.15) is 11.3 Å². The number of nitrogens with one attached hydrogen (secondary N) is 1. The van der Waals surface area contributed by atoms with Gasteiger partial charge in [0.15, 0.2) is 5.13 Å². The van der Waals surface area contributed by atoms with Crippen molar-refractivity contribution in [2.75, 3.05) is 12.4 Å². The molecule has 2 aromatic carbocycles. The number of hydrogen-bond acceptors (Lipinski definition) is 6. The van der Waals surface area contributed by atoms with Crippen molar-refractivity contribution in [3.05, 3.63) is 69.6 Å². The molecule has 0 aliphatic heterocycles. The lowest BCUT2D eigenvalue weighted by atomic mass is 10.1. The molecule has 0 aliphatic carbocycles. The summed E-state index contributed by atoms with van der Waals surface area (Å²) in [6.45, 7) is 0. The Balaban J connectivity index is 1.79. The third-order valence-corrected chi connectivity index (χ3v) is 4.21. The molecule has 7 nitrogen and oxygen atoms in total. The monoisotopic (exact) mass is 355 g/mol. The smallest absolute Gasteiger partial charge is 0.282 e. The van der Waals surface area contributed by atoms with Gasteiger partial charge in [-0.2, -0.15) is 0 Å². The van der Waals surface area contributed by atoms with Crippen LogP contribution in [0.5, 0.6) is 5.75 Å². The van der Waals surface area contributed by atoms with Gasteiger partial charge in [0.25, 0.3) is 11.6 Å². The van der Waals surface area contributed by atoms with Crippen LogP contribution in [-0.4, -0.2) is 22.9 Å². The van der Waals surface area contributed by atoms with Crippen LogP contribution in [0.3, 0.4) is 0 Å². The summed E-state index contributed by atoms with van der Waals surface area (Å²) in [6, 6.07) is 13.2. The van der Waals surface area contributed by atoms with E-state index in [1.807, 2.05) is 24.3 Å². The lowest BCUT2D eigenvalue weighted by molar-refractivity contribution is -0.385. The van der Waals surface area contributed by atoms with E-state index >= 15 is 0 Å². The van der Waals surface area contributed by atoms with Gasteiger partial charge >= 0.3 is 0 Å². The second kappa shape index (κ2) is 7.10. The fourth-order valence-electron chi connectivity index (χ4n) is 2.21. The number of nitro groups is 1. The number of ether oxygens (including phenoxy) is 1. The standard InChI is InChI=1S/C17H13N3O4S/c1-24-12-8-6-11(7-9-12)14-10-25-17(18-14)19-16(21)13-4-2-3-5-15(13)20(22)23/h2-10H,1H3,(H,18,19,21). The molecule has 3 rings (SSSR count). The topological polar surface area (TPSA) is 94.4 Å². The number of anilines is 1. The van der Waals surface area contributed by atoms with Crippen molar-refractivity contribution >= 4 is 28.1 Å². The number of rotatable bonds is 5. The molecule has 25 heavy (non-hydrogen) atoms. The van der Waals surface area contributed by atoms with Crippen molar-refractivity contribution in [2.24, 2.45) is 0 Å². The molecule has 8 heteroatoms. The summed E-state index contributed by atoms with van der Waals surface area (Å²) in [7, 11) is 1.59. The number of para-hydroxylation sites is 1. The summed E-state index contributed by atoms with van der Waals surface area (Å²) in [6.07, 6.45) is 0. The third-order valence-electron chi connectivity index (χ3n) is 3.46. The molecule has 0 atom stereocenters. The molecule has 126 valence electrons. The van der Waals surface area contributed by atoms with Crippen LogP contribution in [0, 0.1) is 10.1 Å². The molecule has 0 spiro atoms. The highest BCUT2D eigenvalue weighted by Gasteiger charge is 2.20. The number of thiazole rings is 1. The minimum absolute atomic E-state index is 0.00584. The van der Waals surface area contributed by atoms with Crippen molar-refractivity contribution in [3.8, 4) is 17.0 Å². The van der Waals surface area contributed by atoms with Gasteiger partial charge < -0.3 is 4.74 Å². The van der Waals surface area contributed by atoms with Gasteiger partial charge in [0, 0.05) is 17.0 Å². The van der Waals surface area contributed by atoms with Gasteiger partial charge in [-0.05, 0) is 30.3 Å². The number of hydrogen-bond donors (Lipinski definition) is 1. The zero-order valence-corrected chi connectivity index (χ0v) is 13.9. The first-order chi connectivity index (χ1) is 12.1. The molecular formula is C17H13N3O4S. The lowest BCUT2D eigenvalue weighted by Crippen LogP contribution is -2.13. The highest BCUT2D eigenvalue weighted by atomic mass is 32.1. The predicted molar refractivity (Wildman–Crippen MR) is 95.2 cm³/mol. The Bertz CT molecular complexity index is 922. The van der Waals surface area contributed by atoms with Crippen LogP contribution >= 0.6 is 11.3 Å². The van der Waals surface area contributed by atoms with Crippen molar-refractivity contribution in [3.63, 3.8) is 0 Å². The number of nitrogens with zero attached hydrogens (tertiary/aromatic N) is 2. The van der Waals surface area contributed by atoms with Crippen LogP contribution in [0.1, 0.15) is 10.4 Å². The number of benzene rings is 2. The van der Waals surface area contributed by atoms with Gasteiger partial charge in [0.2, 0.25) is 0 Å². The third kappa shape index (κ3) is 3.64. The molecule has 1 aromatic heterocycles. The molecular weight excluding hydrogens is 342 g/mol. The van der Waals surface area contributed by atoms with E-state index in [-0.39, 0.29) is 11.3 Å². The molecule has 3 aromatic rings. The van der Waals surface area contributed by atoms with E-state index in [4.69, 9.17) is 4.74 Å². The molecule has 0 saturated carbocycles. The van der Waals surface area contributed by atoms with Gasteiger partial charge in [-0.15, -0.1) is 11.3 Å². The average Bonchev–Trinajstić information content (AvgIpc) is 3.10. The first-order valence-corrected chi connectivity index (χ1v) is 8.11. The summed E-state index contributed by atoms with van der Waals surface area (Å²) in [5.41, 5.74) is 1.33. The van der Waals surface area contributed by atoms with Gasteiger partial charge in [-0.25, -0.2) is 4.98 Å². The van der Waals surface area contributed by atoms with Crippen molar-refractivity contribution < 1.29 is 14.5 Å². The lowest BCUT2D eigenvalue weighted by Gasteiger charge is -2.03. The van der Waals surface area contributed by atoms with E-state index < -0.39 is 10.8 Å². The zero-order valence-electron chi connectivity index (χ0n) is 13.1. The second-order valence-electron chi connectivity index (χ2n) is 4.99. The summed E-state index contributed by atoms with van der Waals surface area (Å²) in [5, 5.41) is 15.8. The molecule has 0 saturated heterocycles. The highest BCUT2D eigenvalue weighted by Crippen LogP contribution is 2.27. The van der Waals surface area contributed by atoms with E-state index in [0.717, 1.165) is 11.3 Å². The van der Waals surface area contributed by atoms with Gasteiger partial charge in [0.05, 0.1) is 17.7 Å². The molecule has 0 fully saturated rings. The molecule has 1 N–H and O–H groups in total. The van der Waals surface area contributed by atoms with Gasteiger partial charge in [-0.1, -0.05) is 12.1 Å². The Hall–Kier alpha value is -3.26. The fourth-order valence-corrected chi connectivity index (χ4v) is 2.93. The Kier molecular flexibility index (Phi) is 4.71. The van der Waals surface area contributed by atoms with Crippen molar-refractivity contribution in [1.82, 2.24) is 4.98 Å². The SMILES string of the molecule is COc1ccc(-c2csc(NC(=O)c3ccccc3[N+](=O)[O-])n2)cc1. The van der Waals surface area contributed by atoms with E-state index in [0.29, 0.717) is 10.8 Å². The summed E-state index contributed by atoms with van der Waals surface area (Å²) in [5.74, 6) is 0.173. The van der Waals surface area contributed by atoms with E-state index in [9.17, 15) is 14.9 Å². The molecule has 1 heterocycles. The maximum Gasteiger partial charge on any atom is 0.282 e. The van der Waals surface area contributed by atoms with Crippen LogP contribution < -0.4 is 10.1 Å². The summed E-state index contributed by atoms with van der Waals surface area (Å²) < 4.78 is 5.11. The van der Waals surface area contributed by atoms with Crippen molar-refractivity contribution in [1.29, 1.82) is 0 Å². The van der Waals surface area contributed by atoms with Crippen LogP contribution in [0.2, 0.25) is 0 Å². The largest absolute Gasteiger partial charge is 0.497 e. The molecule has 0 unspecified atom stereocenters. The Morgan fingerprint density at radius 3 is 2.60 bits per heavy atom. The molecule has 1 amide bonds. The molecule has 0 aliphatic rings. The second-order valence-corrected chi connectivity index (χ2v) is 5.85. The van der Waals surface area contributed by atoms with E-state index in [2.05, 4.69) is 10.3 Å². The highest BCUT2D eigenvalue weighted by molar-refractivity contribution is 7.14. The maximum atomic E-state index is 12.3. The van der Waals surface area contributed by atoms with E-state index in [1.54, 1.807) is 18.6 Å². The molecule has 0 radical (unpaired) electrons. The Labute approximate surface area is 147 Å². The maximum absolute atomic E-state index is 12.3. The number of carbonyl (C=O) groups excluding carboxylic acids is 1. The number of aromatic nitrogens is 1. The minimum atomic E-state index is -0.584. The van der Waals surface area contributed by atoms with E-state index in [1.165, 1.54) is 29.5 Å². The Morgan fingerprint density at radius 2 is 1.92 bits per heavy atom. The Morgan fingerprint density at radius 1 is 1.20 bits per heavy atom. The number of nitro benzene ring substituents is 1. The number of carbonyl (C=O) groups is 1. The minimum Gasteiger partial charge on any atom is -0.497 e. The first-order valence-electron chi connectivity index (χ1n) is 7.23. The number of methoxy groups -OCH3 is 1. The molecule has 0 bridgehead atoms. The average molecular weight is 355 g/mol. The van der Waals surface area contributed by atoms with Crippen molar-refractivity contribution in [2.45, 2.75) is 0 Å². The number of amides is 1. The van der Waals surface area contributed by atoms with Crippen LogP contribution in [0.25, 0.3) is 11.3 Å². The fraction of sp³-hybridized carbons (Fsp3) is 0.0588. The first kappa shape index (κ1) is 16.6. The van der Waals surface area contributed by atoms with Crippen LogP contribution in [0.15, 0.2) is 53.9 Å².